The van der Waals surface area contributed by atoms with E-state index in [0.717, 1.165) is 37.1 Å². The van der Waals surface area contributed by atoms with Gasteiger partial charge in [0.2, 0.25) is 15.9 Å². The minimum atomic E-state index is -3.39. The van der Waals surface area contributed by atoms with Crippen LogP contribution in [-0.2, 0) is 27.8 Å². The maximum absolute atomic E-state index is 12.6. The number of aryl methyl sites for hydroxylation is 1. The molecule has 1 N–H and O–H groups in total. The van der Waals surface area contributed by atoms with E-state index in [9.17, 15) is 13.2 Å². The highest BCUT2D eigenvalue weighted by atomic mass is 32.2. The van der Waals surface area contributed by atoms with E-state index < -0.39 is 10.0 Å². The van der Waals surface area contributed by atoms with Crippen molar-refractivity contribution in [3.05, 3.63) is 59.7 Å². The number of benzene rings is 2. The number of carbonyl (C=O) groups excluding carboxylic acids is 1. The number of amides is 1. The van der Waals surface area contributed by atoms with E-state index >= 15 is 0 Å². The van der Waals surface area contributed by atoms with Gasteiger partial charge in [-0.1, -0.05) is 24.3 Å². The number of anilines is 1. The highest BCUT2D eigenvalue weighted by molar-refractivity contribution is 7.99. The number of nitrogens with zero attached hydrogens (tertiary/aromatic N) is 2. The number of rotatable bonds is 8. The van der Waals surface area contributed by atoms with E-state index in [0.29, 0.717) is 37.4 Å². The number of hydrogen-bond acceptors (Lipinski definition) is 5. The van der Waals surface area contributed by atoms with Crippen LogP contribution in [0.25, 0.3) is 0 Å². The maximum Gasteiger partial charge on any atom is 0.243 e. The van der Waals surface area contributed by atoms with Crippen molar-refractivity contribution in [2.45, 2.75) is 37.1 Å². The molecule has 0 atom stereocenters. The van der Waals surface area contributed by atoms with Gasteiger partial charge in [-0.3, -0.25) is 4.79 Å². The molecule has 8 heteroatoms. The minimum Gasteiger partial charge on any atom is -0.370 e. The van der Waals surface area contributed by atoms with E-state index in [1.807, 2.05) is 23.9 Å². The number of thioether (sulfide) groups is 1. The van der Waals surface area contributed by atoms with Crippen molar-refractivity contribution < 1.29 is 13.2 Å². The van der Waals surface area contributed by atoms with Crippen LogP contribution >= 0.6 is 11.8 Å². The molecule has 0 radical (unpaired) electrons. The quantitative estimate of drug-likeness (QED) is 0.637. The second-order valence-electron chi connectivity index (χ2n) is 8.30. The van der Waals surface area contributed by atoms with Crippen molar-refractivity contribution in [1.82, 2.24) is 9.62 Å². The van der Waals surface area contributed by atoms with Crippen molar-refractivity contribution in [3.8, 4) is 0 Å². The molecule has 6 nitrogen and oxygen atoms in total. The summed E-state index contributed by atoms with van der Waals surface area (Å²) in [5, 5.41) is 2.98. The highest BCUT2D eigenvalue weighted by Gasteiger charge is 2.26. The van der Waals surface area contributed by atoms with E-state index in [-0.39, 0.29) is 5.91 Å². The number of hydrogen-bond donors (Lipinski definition) is 1. The Balaban J connectivity index is 1.22. The summed E-state index contributed by atoms with van der Waals surface area (Å²) in [5.74, 6) is 2.35. The van der Waals surface area contributed by atoms with Gasteiger partial charge in [0.05, 0.1) is 4.90 Å². The third-order valence-electron chi connectivity index (χ3n) is 6.07. The molecule has 2 aliphatic heterocycles. The van der Waals surface area contributed by atoms with E-state index in [2.05, 4.69) is 34.5 Å². The van der Waals surface area contributed by atoms with E-state index in [4.69, 9.17) is 0 Å². The summed E-state index contributed by atoms with van der Waals surface area (Å²) in [5.41, 5.74) is 3.30. The first kappa shape index (κ1) is 23.1. The van der Waals surface area contributed by atoms with Crippen LogP contribution in [-0.4, -0.2) is 56.3 Å². The van der Waals surface area contributed by atoms with Gasteiger partial charge in [-0.05, 0) is 54.7 Å². The zero-order chi connectivity index (χ0) is 22.4. The van der Waals surface area contributed by atoms with Gasteiger partial charge in [0.15, 0.2) is 0 Å². The Kier molecular flexibility index (Phi) is 7.75. The Bertz CT molecular complexity index is 996. The molecule has 2 saturated heterocycles. The van der Waals surface area contributed by atoms with Crippen LogP contribution in [0.2, 0.25) is 0 Å². The lowest BCUT2D eigenvalue weighted by Crippen LogP contribution is -2.32. The van der Waals surface area contributed by atoms with Crippen LogP contribution in [0.5, 0.6) is 0 Å². The van der Waals surface area contributed by atoms with Gasteiger partial charge in [-0.15, -0.1) is 0 Å². The molecule has 2 aromatic rings. The molecule has 2 aromatic carbocycles. The SMILES string of the molecule is O=C(CCc1ccc(S(=O)(=O)N2CCCC2)cc1)NCc1ccc(N2CCSCC2)cc1. The smallest absolute Gasteiger partial charge is 0.243 e. The Hall–Kier alpha value is -2.03. The molecule has 0 bridgehead atoms. The molecule has 1 amide bonds. The fourth-order valence-electron chi connectivity index (χ4n) is 4.10. The Morgan fingerprint density at radius 1 is 0.875 bits per heavy atom. The van der Waals surface area contributed by atoms with Gasteiger partial charge in [0.25, 0.3) is 0 Å². The summed E-state index contributed by atoms with van der Waals surface area (Å²) >= 11 is 2.00. The normalized spacial score (nSPS) is 17.4. The van der Waals surface area contributed by atoms with E-state index in [1.54, 1.807) is 16.4 Å². The monoisotopic (exact) mass is 473 g/mol. The first-order valence-corrected chi connectivity index (χ1v) is 13.9. The molecule has 172 valence electrons. The zero-order valence-electron chi connectivity index (χ0n) is 18.3. The summed E-state index contributed by atoms with van der Waals surface area (Å²) in [6, 6.07) is 15.4. The second kappa shape index (κ2) is 10.7. The predicted octanol–water partition coefficient (Wildman–Crippen LogP) is 3.27. The minimum absolute atomic E-state index is 0.00380. The maximum atomic E-state index is 12.6. The molecule has 0 aromatic heterocycles. The Morgan fingerprint density at radius 2 is 1.50 bits per heavy atom. The van der Waals surface area contributed by atoms with Crippen molar-refractivity contribution in [2.24, 2.45) is 0 Å². The van der Waals surface area contributed by atoms with Crippen LogP contribution < -0.4 is 10.2 Å². The molecule has 32 heavy (non-hydrogen) atoms. The largest absolute Gasteiger partial charge is 0.370 e. The highest BCUT2D eigenvalue weighted by Crippen LogP contribution is 2.22. The molecular weight excluding hydrogens is 442 g/mol. The molecule has 0 saturated carbocycles. The fraction of sp³-hybridized carbons (Fsp3) is 0.458. The van der Waals surface area contributed by atoms with Gasteiger partial charge >= 0.3 is 0 Å². The molecule has 4 rings (SSSR count). The summed E-state index contributed by atoms with van der Waals surface area (Å²) in [7, 11) is -3.39. The summed E-state index contributed by atoms with van der Waals surface area (Å²) in [4.78, 5) is 15.0. The molecule has 0 aliphatic carbocycles. The van der Waals surface area contributed by atoms with Crippen LogP contribution in [0.3, 0.4) is 0 Å². The summed E-state index contributed by atoms with van der Waals surface area (Å²) < 4.78 is 26.8. The first-order chi connectivity index (χ1) is 15.5. The molecule has 2 fully saturated rings. The van der Waals surface area contributed by atoms with Crippen molar-refractivity contribution in [1.29, 1.82) is 0 Å². The molecule has 0 spiro atoms. The Morgan fingerprint density at radius 3 is 2.16 bits per heavy atom. The van der Waals surface area contributed by atoms with Gasteiger partial charge in [0.1, 0.15) is 0 Å². The summed E-state index contributed by atoms with van der Waals surface area (Å²) in [6.07, 6.45) is 2.81. The first-order valence-electron chi connectivity index (χ1n) is 11.3. The molecule has 0 unspecified atom stereocenters. The van der Waals surface area contributed by atoms with Gasteiger partial charge in [0, 0.05) is 56.3 Å². The van der Waals surface area contributed by atoms with Crippen molar-refractivity contribution in [2.75, 3.05) is 42.6 Å². The summed E-state index contributed by atoms with van der Waals surface area (Å²) in [6.45, 7) is 3.90. The number of nitrogens with one attached hydrogen (secondary N) is 1. The molecular formula is C24H31N3O3S2. The zero-order valence-corrected chi connectivity index (χ0v) is 20.0. The van der Waals surface area contributed by atoms with E-state index in [1.165, 1.54) is 17.2 Å². The third kappa shape index (κ3) is 5.85. The molecule has 2 aliphatic rings. The van der Waals surface area contributed by atoms with Gasteiger partial charge in [-0.25, -0.2) is 8.42 Å². The van der Waals surface area contributed by atoms with Crippen LogP contribution in [0.15, 0.2) is 53.4 Å². The third-order valence-corrected chi connectivity index (χ3v) is 8.92. The van der Waals surface area contributed by atoms with Gasteiger partial charge in [-0.2, -0.15) is 16.1 Å². The fourth-order valence-corrected chi connectivity index (χ4v) is 6.52. The lowest BCUT2D eigenvalue weighted by molar-refractivity contribution is -0.121. The van der Waals surface area contributed by atoms with Crippen LogP contribution in [0, 0.1) is 0 Å². The van der Waals surface area contributed by atoms with Crippen LogP contribution in [0.4, 0.5) is 5.69 Å². The number of carbonyl (C=O) groups is 1. The van der Waals surface area contributed by atoms with Crippen molar-refractivity contribution >= 4 is 33.4 Å². The standard InChI is InChI=1S/C24H31N3O3S2/c28-24(25-19-21-3-8-22(9-4-21)26-15-17-31-18-16-26)12-7-20-5-10-23(11-6-20)32(29,30)27-13-1-2-14-27/h3-6,8-11H,1-2,7,12-19H2,(H,25,28). The van der Waals surface area contributed by atoms with Crippen LogP contribution in [0.1, 0.15) is 30.4 Å². The second-order valence-corrected chi connectivity index (χ2v) is 11.5. The Labute approximate surface area is 195 Å². The topological polar surface area (TPSA) is 69.7 Å². The van der Waals surface area contributed by atoms with Gasteiger partial charge < -0.3 is 10.2 Å². The average Bonchev–Trinajstić information content (AvgIpc) is 3.39. The average molecular weight is 474 g/mol. The number of sulfonamides is 1. The molecule has 2 heterocycles. The lowest BCUT2D eigenvalue weighted by Gasteiger charge is -2.28. The lowest BCUT2D eigenvalue weighted by atomic mass is 10.1. The van der Waals surface area contributed by atoms with Crippen molar-refractivity contribution in [3.63, 3.8) is 0 Å². The predicted molar refractivity (Wildman–Crippen MR) is 131 cm³/mol.